The normalized spacial score (nSPS) is 11.1. The highest BCUT2D eigenvalue weighted by atomic mass is 16.2. The SMILES string of the molecule is CCCCCCCCCCCCCCCC(=O)N(C)CCCCCCCCCC. The van der Waals surface area contributed by atoms with E-state index in [2.05, 4.69) is 13.8 Å². The Balaban J connectivity index is 3.29. The number of rotatable bonds is 23. The van der Waals surface area contributed by atoms with Crippen molar-refractivity contribution in [3.63, 3.8) is 0 Å². The average Bonchev–Trinajstić information content (AvgIpc) is 2.73. The number of hydrogen-bond donors (Lipinski definition) is 0. The van der Waals surface area contributed by atoms with Gasteiger partial charge in [0.2, 0.25) is 5.91 Å². The van der Waals surface area contributed by atoms with Crippen LogP contribution in [0.2, 0.25) is 0 Å². The molecule has 0 aromatic rings. The summed E-state index contributed by atoms with van der Waals surface area (Å²) < 4.78 is 0. The molecule has 0 unspecified atom stereocenters. The third-order valence-electron chi connectivity index (χ3n) is 6.27. The van der Waals surface area contributed by atoms with Crippen LogP contribution in [0.25, 0.3) is 0 Å². The van der Waals surface area contributed by atoms with E-state index in [0.717, 1.165) is 19.4 Å². The van der Waals surface area contributed by atoms with Gasteiger partial charge in [0.15, 0.2) is 0 Å². The van der Waals surface area contributed by atoms with E-state index >= 15 is 0 Å². The van der Waals surface area contributed by atoms with E-state index in [-0.39, 0.29) is 0 Å². The van der Waals surface area contributed by atoms with Crippen LogP contribution in [0.5, 0.6) is 0 Å². The molecule has 0 aliphatic rings. The largest absolute Gasteiger partial charge is 0.346 e. The number of carbonyl (C=O) groups excluding carboxylic acids is 1. The highest BCUT2D eigenvalue weighted by molar-refractivity contribution is 5.75. The Morgan fingerprint density at radius 2 is 0.793 bits per heavy atom. The van der Waals surface area contributed by atoms with Crippen molar-refractivity contribution in [2.24, 2.45) is 0 Å². The number of unbranched alkanes of at least 4 members (excludes halogenated alkanes) is 19. The molecule has 174 valence electrons. The minimum atomic E-state index is 0.357. The number of amides is 1. The van der Waals surface area contributed by atoms with E-state index in [9.17, 15) is 4.79 Å². The van der Waals surface area contributed by atoms with Gasteiger partial charge in [-0.15, -0.1) is 0 Å². The second-order valence-electron chi connectivity index (χ2n) is 9.28. The van der Waals surface area contributed by atoms with E-state index in [0.29, 0.717) is 5.91 Å². The summed E-state index contributed by atoms with van der Waals surface area (Å²) in [6.45, 7) is 5.50. The summed E-state index contributed by atoms with van der Waals surface area (Å²) in [5.74, 6) is 0.357. The van der Waals surface area contributed by atoms with Crippen molar-refractivity contribution in [3.8, 4) is 0 Å². The topological polar surface area (TPSA) is 20.3 Å². The molecule has 0 rings (SSSR count). The highest BCUT2D eigenvalue weighted by Gasteiger charge is 2.07. The summed E-state index contributed by atoms with van der Waals surface area (Å²) in [6.07, 6.45) is 29.1. The molecule has 0 N–H and O–H groups in total. The Labute approximate surface area is 184 Å². The van der Waals surface area contributed by atoms with Gasteiger partial charge in [0, 0.05) is 20.0 Å². The van der Waals surface area contributed by atoms with Crippen molar-refractivity contribution in [2.45, 2.75) is 155 Å². The predicted octanol–water partition coefficient (Wildman–Crippen LogP) is 9.07. The Bertz CT molecular complexity index is 328. The van der Waals surface area contributed by atoms with Crippen LogP contribution in [-0.2, 0) is 4.79 Å². The zero-order valence-corrected chi connectivity index (χ0v) is 20.6. The van der Waals surface area contributed by atoms with Gasteiger partial charge < -0.3 is 4.90 Å². The highest BCUT2D eigenvalue weighted by Crippen LogP contribution is 2.13. The molecule has 0 saturated heterocycles. The molecular formula is C27H55NO. The molecule has 2 nitrogen and oxygen atoms in total. The lowest BCUT2D eigenvalue weighted by molar-refractivity contribution is -0.130. The first-order valence-electron chi connectivity index (χ1n) is 13.5. The van der Waals surface area contributed by atoms with Gasteiger partial charge in [0.05, 0.1) is 0 Å². The molecule has 0 aliphatic carbocycles. The van der Waals surface area contributed by atoms with E-state index < -0.39 is 0 Å². The van der Waals surface area contributed by atoms with Gasteiger partial charge in [-0.3, -0.25) is 4.79 Å². The summed E-state index contributed by atoms with van der Waals surface area (Å²) in [5, 5.41) is 0. The van der Waals surface area contributed by atoms with Gasteiger partial charge in [-0.25, -0.2) is 0 Å². The Morgan fingerprint density at radius 1 is 0.483 bits per heavy atom. The zero-order valence-electron chi connectivity index (χ0n) is 20.6. The quantitative estimate of drug-likeness (QED) is 0.154. The smallest absolute Gasteiger partial charge is 0.222 e. The molecule has 0 fully saturated rings. The fourth-order valence-electron chi connectivity index (χ4n) is 4.09. The van der Waals surface area contributed by atoms with E-state index in [1.54, 1.807) is 0 Å². The molecule has 1 amide bonds. The van der Waals surface area contributed by atoms with E-state index in [1.807, 2.05) is 11.9 Å². The van der Waals surface area contributed by atoms with Gasteiger partial charge in [-0.05, 0) is 12.8 Å². The Morgan fingerprint density at radius 3 is 1.17 bits per heavy atom. The molecule has 0 spiro atoms. The van der Waals surface area contributed by atoms with Crippen LogP contribution in [0.3, 0.4) is 0 Å². The molecule has 0 atom stereocenters. The molecule has 0 aromatic heterocycles. The molecule has 0 radical (unpaired) electrons. The van der Waals surface area contributed by atoms with Crippen LogP contribution in [-0.4, -0.2) is 24.4 Å². The van der Waals surface area contributed by atoms with Crippen LogP contribution in [0.1, 0.15) is 155 Å². The molecule has 29 heavy (non-hydrogen) atoms. The van der Waals surface area contributed by atoms with Gasteiger partial charge in [0.1, 0.15) is 0 Å². The van der Waals surface area contributed by atoms with Crippen molar-refractivity contribution < 1.29 is 4.79 Å². The molecule has 0 aliphatic heterocycles. The van der Waals surface area contributed by atoms with Crippen LogP contribution in [0, 0.1) is 0 Å². The molecule has 0 bridgehead atoms. The van der Waals surface area contributed by atoms with Crippen molar-refractivity contribution >= 4 is 5.91 Å². The predicted molar refractivity (Wildman–Crippen MR) is 131 cm³/mol. The lowest BCUT2D eigenvalue weighted by atomic mass is 10.0. The van der Waals surface area contributed by atoms with Gasteiger partial charge in [-0.1, -0.05) is 136 Å². The summed E-state index contributed by atoms with van der Waals surface area (Å²) >= 11 is 0. The first kappa shape index (κ1) is 28.5. The summed E-state index contributed by atoms with van der Waals surface area (Å²) in [5.41, 5.74) is 0. The van der Waals surface area contributed by atoms with Crippen LogP contribution in [0.4, 0.5) is 0 Å². The van der Waals surface area contributed by atoms with Crippen molar-refractivity contribution in [1.82, 2.24) is 4.90 Å². The molecular weight excluding hydrogens is 354 g/mol. The lowest BCUT2D eigenvalue weighted by Crippen LogP contribution is -2.27. The minimum absolute atomic E-state index is 0.357. The van der Waals surface area contributed by atoms with Crippen molar-refractivity contribution in [1.29, 1.82) is 0 Å². The number of nitrogens with zero attached hydrogens (tertiary/aromatic N) is 1. The number of carbonyl (C=O) groups is 1. The number of hydrogen-bond acceptors (Lipinski definition) is 1. The molecule has 0 aromatic carbocycles. The second kappa shape index (κ2) is 23.7. The van der Waals surface area contributed by atoms with Gasteiger partial charge in [-0.2, -0.15) is 0 Å². The van der Waals surface area contributed by atoms with Crippen LogP contribution in [0.15, 0.2) is 0 Å². The maximum absolute atomic E-state index is 12.2. The first-order chi connectivity index (χ1) is 14.2. The summed E-state index contributed by atoms with van der Waals surface area (Å²) in [7, 11) is 1.99. The maximum Gasteiger partial charge on any atom is 0.222 e. The second-order valence-corrected chi connectivity index (χ2v) is 9.28. The average molecular weight is 410 g/mol. The van der Waals surface area contributed by atoms with Crippen LogP contribution < -0.4 is 0 Å². The third kappa shape index (κ3) is 22.0. The lowest BCUT2D eigenvalue weighted by Gasteiger charge is -2.17. The first-order valence-corrected chi connectivity index (χ1v) is 13.5. The van der Waals surface area contributed by atoms with Crippen LogP contribution >= 0.6 is 0 Å². The molecule has 2 heteroatoms. The van der Waals surface area contributed by atoms with Gasteiger partial charge >= 0.3 is 0 Å². The maximum atomic E-state index is 12.2. The van der Waals surface area contributed by atoms with Gasteiger partial charge in [0.25, 0.3) is 0 Å². The fraction of sp³-hybridized carbons (Fsp3) is 0.963. The molecule has 0 heterocycles. The molecule has 0 saturated carbocycles. The van der Waals surface area contributed by atoms with Crippen molar-refractivity contribution in [2.75, 3.05) is 13.6 Å². The third-order valence-corrected chi connectivity index (χ3v) is 6.27. The Hall–Kier alpha value is -0.530. The zero-order chi connectivity index (χ0) is 21.4. The van der Waals surface area contributed by atoms with E-state index in [1.165, 1.54) is 128 Å². The fourth-order valence-corrected chi connectivity index (χ4v) is 4.09. The van der Waals surface area contributed by atoms with E-state index in [4.69, 9.17) is 0 Å². The Kier molecular flexibility index (Phi) is 23.3. The summed E-state index contributed by atoms with van der Waals surface area (Å²) in [6, 6.07) is 0. The standard InChI is InChI=1S/C27H55NO/c1-4-6-8-10-12-14-15-16-17-18-19-21-23-25-27(29)28(3)26-24-22-20-13-11-9-7-5-2/h4-26H2,1-3H3. The van der Waals surface area contributed by atoms with Crippen molar-refractivity contribution in [3.05, 3.63) is 0 Å². The monoisotopic (exact) mass is 409 g/mol. The summed E-state index contributed by atoms with van der Waals surface area (Å²) in [4.78, 5) is 14.2. The minimum Gasteiger partial charge on any atom is -0.346 e.